The van der Waals surface area contributed by atoms with Gasteiger partial charge in [-0.25, -0.2) is 13.9 Å². The smallest absolute Gasteiger partial charge is 0.327 e. The molecule has 0 spiro atoms. The molecule has 1 fully saturated rings. The maximum Gasteiger partial charge on any atom is 0.327 e. The molecular weight excluding hydrogens is 378 g/mol. The second kappa shape index (κ2) is 6.93. The number of fused-ring (bicyclic) bond motifs is 1. The fourth-order valence-electron chi connectivity index (χ4n) is 2.73. The predicted molar refractivity (Wildman–Crippen MR) is 87.3 cm³/mol. The first-order chi connectivity index (χ1) is 12.0. The van der Waals surface area contributed by atoms with Crippen LogP contribution in [0.2, 0.25) is 0 Å². The molecule has 0 aliphatic carbocycles. The van der Waals surface area contributed by atoms with Crippen molar-refractivity contribution in [2.45, 2.75) is 24.1 Å². The number of halogens is 2. The molecule has 0 saturated carbocycles. The third-order valence-corrected chi connectivity index (χ3v) is 4.69. The van der Waals surface area contributed by atoms with Crippen LogP contribution in [0.4, 0.5) is 16.2 Å². The fourth-order valence-corrected chi connectivity index (χ4v) is 3.30. The normalized spacial score (nSPS) is 29.5. The number of hydrogen-bond acceptors (Lipinski definition) is 9. The monoisotopic (exact) mass is 392 g/mol. The van der Waals surface area contributed by atoms with E-state index < -0.39 is 32.8 Å². The van der Waals surface area contributed by atoms with Gasteiger partial charge in [-0.1, -0.05) is 0 Å². The van der Waals surface area contributed by atoms with Crippen LogP contribution in [0.3, 0.4) is 0 Å². The molecule has 4 N–H and O–H groups in total. The molecule has 13 heteroatoms. The Morgan fingerprint density at radius 3 is 3.04 bits per heavy atom. The number of nitrogens with one attached hydrogen (secondary N) is 1. The zero-order chi connectivity index (χ0) is 18.2. The highest BCUT2D eigenvalue weighted by Crippen LogP contribution is 2.41. The Balaban J connectivity index is 2.03. The first-order valence-corrected chi connectivity index (χ1v) is 8.42. The van der Waals surface area contributed by atoms with E-state index in [0.717, 1.165) is 0 Å². The van der Waals surface area contributed by atoms with Crippen molar-refractivity contribution in [2.75, 3.05) is 30.6 Å². The van der Waals surface area contributed by atoms with Gasteiger partial charge < -0.3 is 20.9 Å². The maximum atomic E-state index is 14.8. The number of imidazole rings is 1. The Hall–Kier alpha value is -1.65. The van der Waals surface area contributed by atoms with Crippen LogP contribution in [0.5, 0.6) is 0 Å². The molecule has 10 nitrogen and oxygen atoms in total. The van der Waals surface area contributed by atoms with E-state index in [1.165, 1.54) is 10.9 Å². The fraction of sp³-hybridized carbons (Fsp3) is 0.583. The summed E-state index contributed by atoms with van der Waals surface area (Å²) in [5.74, 6) is 0.0588. The van der Waals surface area contributed by atoms with Crippen molar-refractivity contribution >= 4 is 43.2 Å². The summed E-state index contributed by atoms with van der Waals surface area (Å²) in [5, 5.41) is 13.1. The Labute approximate surface area is 147 Å². The summed E-state index contributed by atoms with van der Waals surface area (Å²) in [4.78, 5) is 12.2. The van der Waals surface area contributed by atoms with Crippen LogP contribution in [0.25, 0.3) is 11.2 Å². The zero-order valence-electron chi connectivity index (χ0n) is 13.0. The molecule has 4 atom stereocenters. The van der Waals surface area contributed by atoms with Gasteiger partial charge in [0.05, 0.1) is 18.8 Å². The van der Waals surface area contributed by atoms with Crippen molar-refractivity contribution in [3.05, 3.63) is 6.33 Å². The van der Waals surface area contributed by atoms with Crippen LogP contribution in [0.1, 0.15) is 6.23 Å². The highest BCUT2D eigenvalue weighted by Gasteiger charge is 2.56. The van der Waals surface area contributed by atoms with E-state index >= 15 is 0 Å². The van der Waals surface area contributed by atoms with Gasteiger partial charge in [-0.05, 0) is 0 Å². The first kappa shape index (κ1) is 18.2. The van der Waals surface area contributed by atoms with Gasteiger partial charge in [0, 0.05) is 7.05 Å². The van der Waals surface area contributed by atoms with Gasteiger partial charge in [0.15, 0.2) is 29.4 Å². The lowest BCUT2D eigenvalue weighted by Gasteiger charge is -2.27. The zero-order valence-corrected chi connectivity index (χ0v) is 14.6. The Morgan fingerprint density at radius 1 is 1.64 bits per heavy atom. The molecule has 25 heavy (non-hydrogen) atoms. The van der Waals surface area contributed by atoms with Crippen LogP contribution in [0, 0.1) is 0 Å². The van der Waals surface area contributed by atoms with Gasteiger partial charge in [0.25, 0.3) is 0 Å². The standard InChI is InChI=1S/C12H15ClFN6O4P/c1-16-8-6-9(19-11(15)18-8)20(4-17-6)10-5(14)7(21)12(2-13,24-10)3-23-25-22/h4-5,7,10,21H,2-3H2,1H3,(H3,15,16,18,19)/t5-,7+,10-,12-/m1/s1. The molecule has 0 bridgehead atoms. The average Bonchev–Trinajstić information content (AvgIpc) is 3.13. The third-order valence-electron chi connectivity index (χ3n) is 4.01. The van der Waals surface area contributed by atoms with Crippen molar-refractivity contribution in [3.8, 4) is 0 Å². The number of aliphatic hydroxyl groups is 1. The van der Waals surface area contributed by atoms with E-state index in [2.05, 4.69) is 20.3 Å². The van der Waals surface area contributed by atoms with Gasteiger partial charge in [-0.15, -0.1) is 11.6 Å². The third kappa shape index (κ3) is 2.91. The van der Waals surface area contributed by atoms with Gasteiger partial charge in [0.1, 0.15) is 11.7 Å². The van der Waals surface area contributed by atoms with E-state index in [4.69, 9.17) is 26.6 Å². The molecule has 0 unspecified atom stereocenters. The summed E-state index contributed by atoms with van der Waals surface area (Å²) in [6.07, 6.45) is -3.42. The van der Waals surface area contributed by atoms with Crippen LogP contribution in [-0.2, 0) is 13.8 Å². The molecule has 2 aromatic heterocycles. The number of anilines is 2. The molecule has 0 aromatic carbocycles. The number of alkyl halides is 2. The van der Waals surface area contributed by atoms with Crippen LogP contribution in [0.15, 0.2) is 6.33 Å². The molecule has 2 aromatic rings. The Bertz CT molecular complexity index is 796. The summed E-state index contributed by atoms with van der Waals surface area (Å²) in [7, 11) is 0.999. The average molecular weight is 393 g/mol. The lowest BCUT2D eigenvalue weighted by Crippen LogP contribution is -2.47. The topological polar surface area (TPSA) is 137 Å². The molecule has 1 saturated heterocycles. The number of rotatable bonds is 6. The van der Waals surface area contributed by atoms with E-state index in [-0.39, 0.29) is 24.1 Å². The summed E-state index contributed by atoms with van der Waals surface area (Å²) >= 11 is 5.86. The summed E-state index contributed by atoms with van der Waals surface area (Å²) in [6.45, 7) is -0.356. The van der Waals surface area contributed by atoms with E-state index in [1.807, 2.05) is 0 Å². The molecule has 1 aliphatic heterocycles. The second-order valence-corrected chi connectivity index (χ2v) is 6.12. The second-order valence-electron chi connectivity index (χ2n) is 5.45. The van der Waals surface area contributed by atoms with Crippen molar-refractivity contribution in [1.29, 1.82) is 0 Å². The van der Waals surface area contributed by atoms with Crippen LogP contribution in [-0.4, -0.2) is 62.0 Å². The summed E-state index contributed by atoms with van der Waals surface area (Å²) < 4.78 is 37.0. The summed E-state index contributed by atoms with van der Waals surface area (Å²) in [5.41, 5.74) is 4.69. The van der Waals surface area contributed by atoms with E-state index in [9.17, 15) is 14.1 Å². The molecule has 3 heterocycles. The minimum absolute atomic E-state index is 0.0374. The van der Waals surface area contributed by atoms with Crippen molar-refractivity contribution < 1.29 is 23.3 Å². The number of hydrogen-bond donors (Lipinski definition) is 3. The predicted octanol–water partition coefficient (Wildman–Crippen LogP) is 0.879. The van der Waals surface area contributed by atoms with Crippen LogP contribution >= 0.6 is 20.3 Å². The molecule has 0 amide bonds. The van der Waals surface area contributed by atoms with E-state index in [1.54, 1.807) is 7.05 Å². The highest BCUT2D eigenvalue weighted by molar-refractivity contribution is 7.17. The maximum absolute atomic E-state index is 14.8. The number of nitrogens with two attached hydrogens (primary N) is 1. The van der Waals surface area contributed by atoms with Gasteiger partial charge in [0.2, 0.25) is 5.95 Å². The SMILES string of the molecule is CNc1nc(N)nc2c1ncn2[C@@H]1O[C@](CCl)(COP=O)[C@@H](O)[C@H]1F. The number of aliphatic hydroxyl groups excluding tert-OH is 1. The van der Waals surface area contributed by atoms with E-state index in [0.29, 0.717) is 11.3 Å². The lowest BCUT2D eigenvalue weighted by atomic mass is 9.99. The first-order valence-electron chi connectivity index (χ1n) is 7.15. The molecular formula is C12H15ClFN6O4P. The molecule has 0 radical (unpaired) electrons. The lowest BCUT2D eigenvalue weighted by molar-refractivity contribution is -0.106. The van der Waals surface area contributed by atoms with Gasteiger partial charge in [-0.3, -0.25) is 9.09 Å². The molecule has 3 rings (SSSR count). The van der Waals surface area contributed by atoms with Crippen molar-refractivity contribution in [1.82, 2.24) is 19.5 Å². The Morgan fingerprint density at radius 2 is 2.40 bits per heavy atom. The largest absolute Gasteiger partial charge is 0.387 e. The number of nitrogens with zero attached hydrogens (tertiary/aromatic N) is 4. The number of ether oxygens (including phenoxy) is 1. The number of aromatic nitrogens is 4. The summed E-state index contributed by atoms with van der Waals surface area (Å²) in [6, 6.07) is 0. The highest BCUT2D eigenvalue weighted by atomic mass is 35.5. The molecule has 136 valence electrons. The van der Waals surface area contributed by atoms with Gasteiger partial charge in [-0.2, -0.15) is 9.97 Å². The Kier molecular flexibility index (Phi) is 5.03. The van der Waals surface area contributed by atoms with Crippen molar-refractivity contribution in [3.63, 3.8) is 0 Å². The number of nitrogen functional groups attached to an aromatic ring is 1. The quantitative estimate of drug-likeness (QED) is 0.483. The van der Waals surface area contributed by atoms with Crippen molar-refractivity contribution in [2.24, 2.45) is 0 Å². The minimum atomic E-state index is -1.85. The molecule has 1 aliphatic rings. The van der Waals surface area contributed by atoms with Crippen LogP contribution < -0.4 is 11.1 Å². The minimum Gasteiger partial charge on any atom is -0.387 e. The van der Waals surface area contributed by atoms with Gasteiger partial charge >= 0.3 is 8.69 Å².